The highest BCUT2D eigenvalue weighted by Crippen LogP contribution is 2.26. The van der Waals surface area contributed by atoms with Crippen molar-refractivity contribution in [2.45, 2.75) is 0 Å². The number of benzene rings is 2. The highest BCUT2D eigenvalue weighted by atomic mass is 16.3. The van der Waals surface area contributed by atoms with Crippen molar-refractivity contribution in [3.05, 3.63) is 64.6 Å². The van der Waals surface area contributed by atoms with E-state index in [4.69, 9.17) is 0 Å². The molecule has 0 aliphatic carbocycles. The van der Waals surface area contributed by atoms with E-state index >= 15 is 0 Å². The molecule has 116 valence electrons. The Bertz CT molecular complexity index is 959. The highest BCUT2D eigenvalue weighted by Gasteiger charge is 2.20. The number of pyridine rings is 1. The van der Waals surface area contributed by atoms with Gasteiger partial charge < -0.3 is 20.1 Å². The minimum absolute atomic E-state index is 0.0731. The Kier molecular flexibility index (Phi) is 3.50. The maximum Gasteiger partial charge on any atom is 0.276 e. The molecule has 23 heavy (non-hydrogen) atoms. The van der Waals surface area contributed by atoms with E-state index in [2.05, 4.69) is 5.32 Å². The number of carbonyl (C=O) groups excluding carboxylic acids is 1. The summed E-state index contributed by atoms with van der Waals surface area (Å²) in [5.74, 6) is -0.790. The molecule has 3 rings (SSSR count). The number of phenols is 1. The minimum Gasteiger partial charge on any atom is -0.508 e. The van der Waals surface area contributed by atoms with E-state index in [1.54, 1.807) is 24.3 Å². The first-order valence-electron chi connectivity index (χ1n) is 6.90. The molecule has 6 nitrogen and oxygen atoms in total. The average molecular weight is 310 g/mol. The van der Waals surface area contributed by atoms with Crippen molar-refractivity contribution >= 4 is 22.4 Å². The first kappa shape index (κ1) is 14.6. The van der Waals surface area contributed by atoms with Gasteiger partial charge in [-0.1, -0.05) is 18.2 Å². The molecule has 1 heterocycles. The van der Waals surface area contributed by atoms with Gasteiger partial charge in [-0.2, -0.15) is 0 Å². The summed E-state index contributed by atoms with van der Waals surface area (Å²) in [5.41, 5.74) is -0.0520. The number of rotatable bonds is 2. The van der Waals surface area contributed by atoms with E-state index in [1.807, 2.05) is 0 Å². The van der Waals surface area contributed by atoms with Gasteiger partial charge in [-0.15, -0.1) is 0 Å². The maximum atomic E-state index is 12.4. The van der Waals surface area contributed by atoms with Gasteiger partial charge in [-0.05, 0) is 30.3 Å². The zero-order chi connectivity index (χ0) is 16.6. The van der Waals surface area contributed by atoms with Crippen LogP contribution < -0.4 is 10.9 Å². The van der Waals surface area contributed by atoms with Gasteiger partial charge in [-0.25, -0.2) is 0 Å². The molecule has 3 N–H and O–H groups in total. The molecule has 2 aromatic carbocycles. The summed E-state index contributed by atoms with van der Waals surface area (Å²) in [5, 5.41) is 22.9. The fourth-order valence-electron chi connectivity index (χ4n) is 2.44. The van der Waals surface area contributed by atoms with Crippen molar-refractivity contribution < 1.29 is 15.0 Å². The van der Waals surface area contributed by atoms with Crippen LogP contribution in [-0.4, -0.2) is 20.7 Å². The van der Waals surface area contributed by atoms with E-state index in [0.29, 0.717) is 16.5 Å². The van der Waals surface area contributed by atoms with Crippen molar-refractivity contribution in [2.24, 2.45) is 7.05 Å². The summed E-state index contributed by atoms with van der Waals surface area (Å²) in [6.07, 6.45) is 0. The molecule has 0 saturated heterocycles. The number of nitrogens with one attached hydrogen (secondary N) is 1. The van der Waals surface area contributed by atoms with E-state index < -0.39 is 5.91 Å². The number of aromatic nitrogens is 1. The third-order valence-corrected chi connectivity index (χ3v) is 3.62. The van der Waals surface area contributed by atoms with Gasteiger partial charge in [-0.3, -0.25) is 9.59 Å². The summed E-state index contributed by atoms with van der Waals surface area (Å²) in [4.78, 5) is 24.8. The summed E-state index contributed by atoms with van der Waals surface area (Å²) in [6.45, 7) is 0. The van der Waals surface area contributed by atoms with Crippen LogP contribution in [0.1, 0.15) is 10.5 Å². The Morgan fingerprint density at radius 1 is 1.00 bits per heavy atom. The fraction of sp³-hybridized carbons (Fsp3) is 0.0588. The van der Waals surface area contributed by atoms with E-state index in [1.165, 1.54) is 31.3 Å². The number of nitrogens with zero attached hydrogens (tertiary/aromatic N) is 1. The van der Waals surface area contributed by atoms with Crippen molar-refractivity contribution in [3.8, 4) is 11.5 Å². The van der Waals surface area contributed by atoms with Crippen LogP contribution in [0.3, 0.4) is 0 Å². The molecular weight excluding hydrogens is 296 g/mol. The second kappa shape index (κ2) is 5.49. The molecule has 0 spiro atoms. The van der Waals surface area contributed by atoms with Gasteiger partial charge in [0.1, 0.15) is 5.75 Å². The predicted molar refractivity (Wildman–Crippen MR) is 86.9 cm³/mol. The van der Waals surface area contributed by atoms with Crippen LogP contribution in [-0.2, 0) is 7.05 Å². The molecule has 1 amide bonds. The van der Waals surface area contributed by atoms with Crippen LogP contribution in [0.15, 0.2) is 53.3 Å². The minimum atomic E-state index is -0.612. The van der Waals surface area contributed by atoms with E-state index in [9.17, 15) is 19.8 Å². The maximum absolute atomic E-state index is 12.4. The zero-order valence-electron chi connectivity index (χ0n) is 12.3. The largest absolute Gasteiger partial charge is 0.508 e. The molecule has 3 aromatic rings. The first-order valence-corrected chi connectivity index (χ1v) is 6.90. The smallest absolute Gasteiger partial charge is 0.276 e. The third-order valence-electron chi connectivity index (χ3n) is 3.62. The monoisotopic (exact) mass is 310 g/mol. The van der Waals surface area contributed by atoms with E-state index in [-0.39, 0.29) is 22.8 Å². The molecule has 0 atom stereocenters. The van der Waals surface area contributed by atoms with Crippen LogP contribution >= 0.6 is 0 Å². The van der Waals surface area contributed by atoms with Gasteiger partial charge in [0, 0.05) is 18.1 Å². The second-order valence-corrected chi connectivity index (χ2v) is 5.11. The number of phenolic OH excluding ortho intramolecular Hbond substituents is 1. The number of carbonyl (C=O) groups is 1. The number of fused-ring (bicyclic) bond motifs is 1. The summed E-state index contributed by atoms with van der Waals surface area (Å²) in [7, 11) is 1.43. The third kappa shape index (κ3) is 2.50. The molecule has 0 bridgehead atoms. The van der Waals surface area contributed by atoms with Gasteiger partial charge in [0.05, 0.1) is 5.39 Å². The summed E-state index contributed by atoms with van der Waals surface area (Å²) in [6, 6.07) is 12.4. The topological polar surface area (TPSA) is 91.6 Å². The number of amides is 1. The predicted octanol–water partition coefficient (Wildman–Crippen LogP) is 2.20. The molecule has 0 unspecified atom stereocenters. The molecule has 6 heteroatoms. The lowest BCUT2D eigenvalue weighted by molar-refractivity contribution is 0.101. The SMILES string of the molecule is Cn1c(C(=O)Nc2ccc(O)cc2)c(O)c2ccccc2c1=O. The molecule has 0 aliphatic heterocycles. The van der Waals surface area contributed by atoms with Crippen LogP contribution in [0.4, 0.5) is 5.69 Å². The van der Waals surface area contributed by atoms with Gasteiger partial charge in [0.15, 0.2) is 11.4 Å². The summed E-state index contributed by atoms with van der Waals surface area (Å²) < 4.78 is 1.12. The first-order chi connectivity index (χ1) is 11.0. The lowest BCUT2D eigenvalue weighted by atomic mass is 10.1. The van der Waals surface area contributed by atoms with Gasteiger partial charge >= 0.3 is 0 Å². The van der Waals surface area contributed by atoms with E-state index in [0.717, 1.165) is 4.57 Å². The molecule has 0 fully saturated rings. The normalized spacial score (nSPS) is 10.7. The Hall–Kier alpha value is -3.28. The standard InChI is InChI=1S/C17H14N2O4/c1-19-14(16(22)18-10-6-8-11(20)9-7-10)15(21)12-4-2-3-5-13(12)17(19)23/h2-9,20-21H,1H3,(H,18,22). The quantitative estimate of drug-likeness (QED) is 0.633. The zero-order valence-corrected chi connectivity index (χ0v) is 12.3. The van der Waals surface area contributed by atoms with Crippen molar-refractivity contribution in [2.75, 3.05) is 5.32 Å². The Labute approximate surface area is 131 Å². The number of aromatic hydroxyl groups is 2. The lowest BCUT2D eigenvalue weighted by Crippen LogP contribution is -2.26. The van der Waals surface area contributed by atoms with Gasteiger partial charge in [0.2, 0.25) is 0 Å². The van der Waals surface area contributed by atoms with Crippen LogP contribution in [0.2, 0.25) is 0 Å². The lowest BCUT2D eigenvalue weighted by Gasteiger charge is -2.13. The van der Waals surface area contributed by atoms with Crippen molar-refractivity contribution in [3.63, 3.8) is 0 Å². The second-order valence-electron chi connectivity index (χ2n) is 5.11. The summed E-state index contributed by atoms with van der Waals surface area (Å²) >= 11 is 0. The number of hydrogen-bond donors (Lipinski definition) is 3. The number of hydrogen-bond acceptors (Lipinski definition) is 4. The number of anilines is 1. The highest BCUT2D eigenvalue weighted by molar-refractivity contribution is 6.08. The Balaban J connectivity index is 2.10. The van der Waals surface area contributed by atoms with Crippen molar-refractivity contribution in [1.82, 2.24) is 4.57 Å². The molecule has 1 aromatic heterocycles. The van der Waals surface area contributed by atoms with Crippen LogP contribution in [0.5, 0.6) is 11.5 Å². The van der Waals surface area contributed by atoms with Crippen molar-refractivity contribution in [1.29, 1.82) is 0 Å². The van der Waals surface area contributed by atoms with Crippen LogP contribution in [0.25, 0.3) is 10.8 Å². The Morgan fingerprint density at radius 2 is 1.61 bits per heavy atom. The average Bonchev–Trinajstić information content (AvgIpc) is 2.55. The molecule has 0 saturated carbocycles. The molecular formula is C17H14N2O4. The van der Waals surface area contributed by atoms with Crippen LogP contribution in [0, 0.1) is 0 Å². The Morgan fingerprint density at radius 3 is 2.26 bits per heavy atom. The fourth-order valence-corrected chi connectivity index (χ4v) is 2.44. The molecule has 0 radical (unpaired) electrons. The van der Waals surface area contributed by atoms with Gasteiger partial charge in [0.25, 0.3) is 11.5 Å². The molecule has 0 aliphatic rings.